The number of ether oxygens (including phenoxy) is 1. The van der Waals surface area contributed by atoms with Crippen LogP contribution in [0.3, 0.4) is 0 Å². The molecule has 0 bridgehead atoms. The maximum absolute atomic E-state index is 12.9. The Morgan fingerprint density at radius 3 is 2.13 bits per heavy atom. The van der Waals surface area contributed by atoms with Crippen LogP contribution < -0.4 is 9.04 Å². The number of hydrogen-bond acceptors (Lipinski definition) is 4. The summed E-state index contributed by atoms with van der Waals surface area (Å²) in [6.07, 6.45) is 0. The first-order valence-corrected chi connectivity index (χ1v) is 11.4. The molecule has 0 aliphatic carbocycles. The van der Waals surface area contributed by atoms with Crippen molar-refractivity contribution >= 4 is 21.6 Å². The number of nitrogens with zero attached hydrogens (tertiary/aromatic N) is 2. The number of carbonyl (C=O) groups is 1. The zero-order valence-electron chi connectivity index (χ0n) is 17.9. The fourth-order valence-electron chi connectivity index (χ4n) is 3.18. The van der Waals surface area contributed by atoms with Crippen molar-refractivity contribution in [1.82, 2.24) is 4.90 Å². The molecule has 1 amide bonds. The first kappa shape index (κ1) is 22.4. The highest BCUT2D eigenvalue weighted by atomic mass is 32.2. The molecule has 0 aromatic heterocycles. The van der Waals surface area contributed by atoms with Crippen LogP contribution >= 0.6 is 0 Å². The average molecular weight is 439 g/mol. The van der Waals surface area contributed by atoms with E-state index in [2.05, 4.69) is 0 Å². The summed E-state index contributed by atoms with van der Waals surface area (Å²) >= 11 is 0. The Balaban J connectivity index is 1.76. The van der Waals surface area contributed by atoms with E-state index in [0.717, 1.165) is 11.3 Å². The van der Waals surface area contributed by atoms with E-state index < -0.39 is 10.0 Å². The first-order valence-electron chi connectivity index (χ1n) is 9.94. The monoisotopic (exact) mass is 438 g/mol. The second-order valence-electron chi connectivity index (χ2n) is 7.03. The number of anilines is 1. The number of rotatable bonds is 8. The van der Waals surface area contributed by atoms with Crippen molar-refractivity contribution < 1.29 is 17.9 Å². The van der Waals surface area contributed by atoms with Crippen LogP contribution in [-0.2, 0) is 16.6 Å². The predicted molar refractivity (Wildman–Crippen MR) is 122 cm³/mol. The van der Waals surface area contributed by atoms with Gasteiger partial charge in [0.1, 0.15) is 5.75 Å². The average Bonchev–Trinajstić information content (AvgIpc) is 2.80. The van der Waals surface area contributed by atoms with Gasteiger partial charge in [0.15, 0.2) is 0 Å². The molecule has 0 unspecified atom stereocenters. The first-order chi connectivity index (χ1) is 14.8. The minimum Gasteiger partial charge on any atom is -0.494 e. The fourth-order valence-corrected chi connectivity index (χ4v) is 4.38. The van der Waals surface area contributed by atoms with Gasteiger partial charge in [-0.15, -0.1) is 0 Å². The van der Waals surface area contributed by atoms with Crippen LogP contribution in [0.25, 0.3) is 0 Å². The van der Waals surface area contributed by atoms with Crippen LogP contribution in [0.15, 0.2) is 83.8 Å². The molecular formula is C24H26N2O4S. The van der Waals surface area contributed by atoms with E-state index in [0.29, 0.717) is 24.4 Å². The van der Waals surface area contributed by atoms with Crippen LogP contribution in [0, 0.1) is 0 Å². The van der Waals surface area contributed by atoms with Crippen molar-refractivity contribution in [3.05, 3.63) is 90.0 Å². The number of para-hydroxylation sites is 2. The SMILES string of the molecule is CCOc1ccccc1CN(C)C(=O)c1ccc(S(=O)(=O)N(C)c2ccccc2)cc1. The molecule has 0 radical (unpaired) electrons. The maximum Gasteiger partial charge on any atom is 0.264 e. The van der Waals surface area contributed by atoms with Gasteiger partial charge in [0.2, 0.25) is 0 Å². The summed E-state index contributed by atoms with van der Waals surface area (Å²) in [5.74, 6) is 0.543. The number of benzene rings is 3. The van der Waals surface area contributed by atoms with Crippen molar-refractivity contribution in [3.63, 3.8) is 0 Å². The summed E-state index contributed by atoms with van der Waals surface area (Å²) in [5, 5.41) is 0. The van der Waals surface area contributed by atoms with Gasteiger partial charge in [-0.1, -0.05) is 36.4 Å². The van der Waals surface area contributed by atoms with E-state index in [1.807, 2.05) is 37.3 Å². The summed E-state index contributed by atoms with van der Waals surface area (Å²) in [7, 11) is -0.509. The van der Waals surface area contributed by atoms with Gasteiger partial charge in [0, 0.05) is 31.8 Å². The van der Waals surface area contributed by atoms with Gasteiger partial charge in [-0.05, 0) is 49.4 Å². The van der Waals surface area contributed by atoms with E-state index in [9.17, 15) is 13.2 Å². The lowest BCUT2D eigenvalue weighted by Crippen LogP contribution is -2.27. The molecule has 0 aliphatic heterocycles. The maximum atomic E-state index is 12.9. The molecule has 0 fully saturated rings. The molecule has 3 aromatic carbocycles. The molecule has 3 rings (SSSR count). The molecule has 31 heavy (non-hydrogen) atoms. The Labute approximate surface area is 183 Å². The summed E-state index contributed by atoms with van der Waals surface area (Å²) in [4.78, 5) is 14.6. The van der Waals surface area contributed by atoms with Crippen LogP contribution in [0.1, 0.15) is 22.8 Å². The Kier molecular flexibility index (Phi) is 6.97. The lowest BCUT2D eigenvalue weighted by molar-refractivity contribution is 0.0784. The molecule has 0 N–H and O–H groups in total. The second kappa shape index (κ2) is 9.66. The van der Waals surface area contributed by atoms with Crippen molar-refractivity contribution in [1.29, 1.82) is 0 Å². The molecule has 0 saturated heterocycles. The Morgan fingerprint density at radius 1 is 0.871 bits per heavy atom. The molecule has 0 saturated carbocycles. The summed E-state index contributed by atoms with van der Waals surface area (Å²) in [6.45, 7) is 2.84. The number of carbonyl (C=O) groups excluding carboxylic acids is 1. The van der Waals surface area contributed by atoms with Crippen molar-refractivity contribution in [2.24, 2.45) is 0 Å². The fraction of sp³-hybridized carbons (Fsp3) is 0.208. The molecule has 0 spiro atoms. The Hall–Kier alpha value is -3.32. The third-order valence-corrected chi connectivity index (χ3v) is 6.71. The van der Waals surface area contributed by atoms with Gasteiger partial charge in [0.25, 0.3) is 15.9 Å². The summed E-state index contributed by atoms with van der Waals surface area (Å²) in [5.41, 5.74) is 1.89. The van der Waals surface area contributed by atoms with Gasteiger partial charge in [0.05, 0.1) is 17.2 Å². The van der Waals surface area contributed by atoms with Crippen LogP contribution in [0.4, 0.5) is 5.69 Å². The number of sulfonamides is 1. The predicted octanol–water partition coefficient (Wildman–Crippen LogP) is 4.18. The normalized spacial score (nSPS) is 11.1. The number of amides is 1. The molecule has 162 valence electrons. The van der Waals surface area contributed by atoms with Crippen LogP contribution in [0.5, 0.6) is 5.75 Å². The smallest absolute Gasteiger partial charge is 0.264 e. The van der Waals surface area contributed by atoms with Gasteiger partial charge in [-0.2, -0.15) is 0 Å². The molecule has 0 aliphatic rings. The molecule has 0 heterocycles. The van der Waals surface area contributed by atoms with Crippen molar-refractivity contribution in [2.75, 3.05) is 25.0 Å². The third-order valence-electron chi connectivity index (χ3n) is 4.91. The molecule has 6 nitrogen and oxygen atoms in total. The third kappa shape index (κ3) is 5.06. The van der Waals surface area contributed by atoms with Gasteiger partial charge in [-0.3, -0.25) is 9.10 Å². The lowest BCUT2D eigenvalue weighted by Gasteiger charge is -2.21. The molecular weight excluding hydrogens is 412 g/mol. The standard InChI is InChI=1S/C24H26N2O4S/c1-4-30-23-13-9-8-10-20(23)18-25(2)24(27)19-14-16-22(17-15-19)31(28,29)26(3)21-11-6-5-7-12-21/h5-17H,4,18H2,1-3H3. The highest BCUT2D eigenvalue weighted by molar-refractivity contribution is 7.92. The largest absolute Gasteiger partial charge is 0.494 e. The van der Waals surface area contributed by atoms with Crippen molar-refractivity contribution in [2.45, 2.75) is 18.4 Å². The van der Waals surface area contributed by atoms with Crippen molar-refractivity contribution in [3.8, 4) is 5.75 Å². The van der Waals surface area contributed by atoms with Gasteiger partial charge < -0.3 is 9.64 Å². The summed E-state index contributed by atoms with van der Waals surface area (Å²) < 4.78 is 32.7. The topological polar surface area (TPSA) is 66.9 Å². The Morgan fingerprint density at radius 2 is 1.48 bits per heavy atom. The van der Waals surface area contributed by atoms with E-state index in [-0.39, 0.29) is 10.8 Å². The highest BCUT2D eigenvalue weighted by Gasteiger charge is 2.22. The quantitative estimate of drug-likeness (QED) is 0.529. The van der Waals surface area contributed by atoms with Gasteiger partial charge in [-0.25, -0.2) is 8.42 Å². The second-order valence-corrected chi connectivity index (χ2v) is 9.00. The molecule has 3 aromatic rings. The zero-order valence-corrected chi connectivity index (χ0v) is 18.7. The minimum atomic E-state index is -3.72. The Bertz CT molecular complexity index is 1130. The van der Waals surface area contributed by atoms with E-state index >= 15 is 0 Å². The van der Waals surface area contributed by atoms with Crippen LogP contribution in [-0.4, -0.2) is 39.9 Å². The number of hydrogen-bond donors (Lipinski definition) is 0. The zero-order chi connectivity index (χ0) is 22.4. The van der Waals surface area contributed by atoms with E-state index in [1.165, 1.54) is 23.5 Å². The van der Waals surface area contributed by atoms with E-state index in [4.69, 9.17) is 4.74 Å². The molecule has 7 heteroatoms. The minimum absolute atomic E-state index is 0.125. The van der Waals surface area contributed by atoms with Crippen LogP contribution in [0.2, 0.25) is 0 Å². The van der Waals surface area contributed by atoms with E-state index in [1.54, 1.807) is 48.3 Å². The molecule has 0 atom stereocenters. The lowest BCUT2D eigenvalue weighted by atomic mass is 10.1. The summed E-state index contributed by atoms with van der Waals surface area (Å²) in [6, 6.07) is 22.4. The highest BCUT2D eigenvalue weighted by Crippen LogP contribution is 2.23. The van der Waals surface area contributed by atoms with Gasteiger partial charge >= 0.3 is 0 Å².